The molecule has 0 aromatic heterocycles. The molecule has 1 rings (SSSR count). The Morgan fingerprint density at radius 3 is 2.69 bits per heavy atom. The molecule has 0 unspecified atom stereocenters. The Morgan fingerprint density at radius 2 is 2.31 bits per heavy atom. The number of halogens is 1. The van der Waals surface area contributed by atoms with E-state index < -0.39 is 0 Å². The van der Waals surface area contributed by atoms with Crippen molar-refractivity contribution in [1.29, 1.82) is 0 Å². The third kappa shape index (κ3) is 3.08. The number of rotatable bonds is 5. The lowest BCUT2D eigenvalue weighted by Crippen LogP contribution is -2.49. The second-order valence-corrected chi connectivity index (χ2v) is 3.53. The molecule has 0 bridgehead atoms. The van der Waals surface area contributed by atoms with Gasteiger partial charge in [-0.15, -0.1) is 0 Å². The summed E-state index contributed by atoms with van der Waals surface area (Å²) in [5.74, 6) is 0. The van der Waals surface area contributed by atoms with Crippen LogP contribution in [0.15, 0.2) is 11.9 Å². The molecule has 1 aliphatic rings. The normalized spacial score (nSPS) is 19.2. The molecule has 0 atom stereocenters. The first-order valence-corrected chi connectivity index (χ1v) is 4.85. The van der Waals surface area contributed by atoms with Crippen LogP contribution in [-0.2, 0) is 4.74 Å². The van der Waals surface area contributed by atoms with Gasteiger partial charge in [-0.05, 0) is 25.5 Å². The maximum absolute atomic E-state index is 12.0. The number of ether oxygens (including phenoxy) is 1. The summed E-state index contributed by atoms with van der Waals surface area (Å²) in [5, 5.41) is 0. The lowest BCUT2D eigenvalue weighted by Gasteiger charge is -2.36. The predicted octanol–water partition coefficient (Wildman–Crippen LogP) is 1.97. The van der Waals surface area contributed by atoms with Crippen molar-refractivity contribution >= 4 is 0 Å². The monoisotopic (exact) mass is 187 g/mol. The largest absolute Gasteiger partial charge is 0.378 e. The van der Waals surface area contributed by atoms with Crippen molar-refractivity contribution in [1.82, 2.24) is 4.90 Å². The van der Waals surface area contributed by atoms with E-state index in [1.54, 1.807) is 0 Å². The summed E-state index contributed by atoms with van der Waals surface area (Å²) in [7, 11) is 0. The predicted molar refractivity (Wildman–Crippen MR) is 51.3 cm³/mol. The highest BCUT2D eigenvalue weighted by Crippen LogP contribution is 2.12. The van der Waals surface area contributed by atoms with Crippen LogP contribution in [0, 0.1) is 0 Å². The van der Waals surface area contributed by atoms with E-state index in [0.717, 1.165) is 38.3 Å². The van der Waals surface area contributed by atoms with Crippen LogP contribution >= 0.6 is 0 Å². The molecule has 0 amide bonds. The van der Waals surface area contributed by atoms with Crippen LogP contribution in [0.1, 0.15) is 20.3 Å². The van der Waals surface area contributed by atoms with Gasteiger partial charge >= 0.3 is 0 Å². The zero-order valence-corrected chi connectivity index (χ0v) is 8.42. The third-order valence-corrected chi connectivity index (χ3v) is 2.52. The lowest BCUT2D eigenvalue weighted by atomic mass is 10.1. The van der Waals surface area contributed by atoms with Crippen molar-refractivity contribution in [3.63, 3.8) is 0 Å². The summed E-state index contributed by atoms with van der Waals surface area (Å²) in [6.45, 7) is 7.60. The molecular formula is C10H18FNO. The van der Waals surface area contributed by atoms with Gasteiger partial charge in [-0.25, -0.2) is 4.39 Å². The first-order valence-electron chi connectivity index (χ1n) is 4.85. The van der Waals surface area contributed by atoms with E-state index in [1.165, 1.54) is 0 Å². The third-order valence-electron chi connectivity index (χ3n) is 2.52. The first-order chi connectivity index (χ1) is 6.27. The summed E-state index contributed by atoms with van der Waals surface area (Å²) in [4.78, 5) is 2.34. The van der Waals surface area contributed by atoms with Crippen molar-refractivity contribution in [2.24, 2.45) is 0 Å². The molecule has 0 aliphatic carbocycles. The fraction of sp³-hybridized carbons (Fsp3) is 0.800. The topological polar surface area (TPSA) is 12.5 Å². The van der Waals surface area contributed by atoms with Gasteiger partial charge in [0.25, 0.3) is 0 Å². The Morgan fingerprint density at radius 1 is 1.62 bits per heavy atom. The number of nitrogens with zero attached hydrogens (tertiary/aromatic N) is 1. The van der Waals surface area contributed by atoms with Gasteiger partial charge in [-0.3, -0.25) is 4.90 Å². The fourth-order valence-corrected chi connectivity index (χ4v) is 1.41. The van der Waals surface area contributed by atoms with Gasteiger partial charge in [0.1, 0.15) is 0 Å². The Bertz CT molecular complexity index is 178. The maximum atomic E-state index is 12.0. The van der Waals surface area contributed by atoms with Crippen LogP contribution < -0.4 is 0 Å². The van der Waals surface area contributed by atoms with Crippen LogP contribution in [0.4, 0.5) is 4.39 Å². The lowest BCUT2D eigenvalue weighted by molar-refractivity contribution is -0.0627. The average molecular weight is 187 g/mol. The van der Waals surface area contributed by atoms with E-state index in [9.17, 15) is 4.39 Å². The van der Waals surface area contributed by atoms with E-state index in [0.29, 0.717) is 12.4 Å². The smallest absolute Gasteiger partial charge is 0.0856 e. The summed E-state index contributed by atoms with van der Waals surface area (Å²) in [6.07, 6.45) is 1.52. The summed E-state index contributed by atoms with van der Waals surface area (Å²) >= 11 is 0. The second kappa shape index (κ2) is 5.35. The molecule has 1 aliphatic heterocycles. The molecule has 2 nitrogen and oxygen atoms in total. The van der Waals surface area contributed by atoms with E-state index >= 15 is 0 Å². The van der Waals surface area contributed by atoms with Crippen molar-refractivity contribution < 1.29 is 9.13 Å². The number of likely N-dealkylation sites (N-methyl/N-ethyl adjacent to an activating group) is 1. The van der Waals surface area contributed by atoms with Crippen molar-refractivity contribution in [2.45, 2.75) is 26.3 Å². The van der Waals surface area contributed by atoms with E-state index in [2.05, 4.69) is 11.8 Å². The molecule has 13 heavy (non-hydrogen) atoms. The molecule has 0 aromatic rings. The van der Waals surface area contributed by atoms with Gasteiger partial charge in [0, 0.05) is 6.54 Å². The van der Waals surface area contributed by atoms with Crippen LogP contribution in [0.3, 0.4) is 0 Å². The van der Waals surface area contributed by atoms with Gasteiger partial charge in [0.05, 0.1) is 25.6 Å². The number of hydrogen-bond acceptors (Lipinski definition) is 2. The zero-order valence-electron chi connectivity index (χ0n) is 8.42. The minimum Gasteiger partial charge on any atom is -0.378 e. The zero-order chi connectivity index (χ0) is 9.68. The molecule has 3 heteroatoms. The van der Waals surface area contributed by atoms with Crippen LogP contribution in [0.25, 0.3) is 0 Å². The standard InChI is InChI=1S/C10H18FNO/c1-3-12(10-7-13-8-10)5-4-9(2)6-11/h6,10H,3-5,7-8H2,1-2H3/b9-6-. The molecule has 1 heterocycles. The molecule has 76 valence electrons. The van der Waals surface area contributed by atoms with Gasteiger partial charge in [-0.1, -0.05) is 6.92 Å². The van der Waals surface area contributed by atoms with Crippen molar-refractivity contribution in [3.05, 3.63) is 11.9 Å². The van der Waals surface area contributed by atoms with E-state index in [-0.39, 0.29) is 0 Å². The SMILES string of the molecule is CCN(CC/C(C)=C\F)C1COC1. The fourth-order valence-electron chi connectivity index (χ4n) is 1.41. The average Bonchev–Trinajstić information content (AvgIpc) is 2.08. The summed E-state index contributed by atoms with van der Waals surface area (Å²) in [6, 6.07) is 0.567. The molecule has 0 spiro atoms. The number of hydrogen-bond donors (Lipinski definition) is 0. The second-order valence-electron chi connectivity index (χ2n) is 3.53. The Labute approximate surface area is 79.4 Å². The molecule has 0 aromatic carbocycles. The molecule has 1 fully saturated rings. The minimum absolute atomic E-state index is 0.567. The highest BCUT2D eigenvalue weighted by Gasteiger charge is 2.24. The van der Waals surface area contributed by atoms with Gasteiger partial charge in [0.2, 0.25) is 0 Å². The Hall–Kier alpha value is -0.410. The molecule has 0 saturated carbocycles. The minimum atomic E-state index is 0.567. The molecule has 0 N–H and O–H groups in total. The molecule has 1 saturated heterocycles. The van der Waals surface area contributed by atoms with Crippen molar-refractivity contribution in [3.8, 4) is 0 Å². The van der Waals surface area contributed by atoms with Gasteiger partial charge < -0.3 is 4.74 Å². The van der Waals surface area contributed by atoms with Crippen LogP contribution in [0.5, 0.6) is 0 Å². The summed E-state index contributed by atoms with van der Waals surface area (Å²) < 4.78 is 17.2. The van der Waals surface area contributed by atoms with E-state index in [1.807, 2.05) is 6.92 Å². The van der Waals surface area contributed by atoms with Gasteiger partial charge in [0.15, 0.2) is 0 Å². The van der Waals surface area contributed by atoms with Gasteiger partial charge in [-0.2, -0.15) is 0 Å². The Kier molecular flexibility index (Phi) is 4.39. The summed E-state index contributed by atoms with van der Waals surface area (Å²) in [5.41, 5.74) is 0.818. The van der Waals surface area contributed by atoms with Crippen LogP contribution in [-0.4, -0.2) is 37.2 Å². The van der Waals surface area contributed by atoms with Crippen LogP contribution in [0.2, 0.25) is 0 Å². The molecular weight excluding hydrogens is 169 g/mol. The quantitative estimate of drug-likeness (QED) is 0.652. The highest BCUT2D eigenvalue weighted by molar-refractivity contribution is 4.93. The Balaban J connectivity index is 2.23. The maximum Gasteiger partial charge on any atom is 0.0856 e. The van der Waals surface area contributed by atoms with E-state index in [4.69, 9.17) is 4.74 Å². The van der Waals surface area contributed by atoms with Crippen molar-refractivity contribution in [2.75, 3.05) is 26.3 Å². The molecule has 0 radical (unpaired) electrons. The highest BCUT2D eigenvalue weighted by atomic mass is 19.1. The first kappa shape index (κ1) is 10.7.